The van der Waals surface area contributed by atoms with E-state index in [0.717, 1.165) is 25.3 Å². The predicted molar refractivity (Wildman–Crippen MR) is 84.2 cm³/mol. The Morgan fingerprint density at radius 3 is 2.71 bits per heavy atom. The predicted octanol–water partition coefficient (Wildman–Crippen LogP) is 3.51. The van der Waals surface area contributed by atoms with Gasteiger partial charge in [0.15, 0.2) is 0 Å². The molecule has 106 valence electrons. The number of rotatable bonds is 2. The SMILES string of the molecule is CC1(c2ccccc2)CCCN(c2cccc(C#N)n2)C1. The van der Waals surface area contributed by atoms with E-state index in [-0.39, 0.29) is 5.41 Å². The van der Waals surface area contributed by atoms with Crippen LogP contribution < -0.4 is 4.90 Å². The third-order valence-electron chi connectivity index (χ3n) is 4.34. The Balaban J connectivity index is 1.87. The molecule has 0 bridgehead atoms. The van der Waals surface area contributed by atoms with Crippen molar-refractivity contribution in [3.63, 3.8) is 0 Å². The molecule has 1 fully saturated rings. The first-order chi connectivity index (χ1) is 10.2. The fourth-order valence-corrected chi connectivity index (χ4v) is 3.17. The zero-order valence-electron chi connectivity index (χ0n) is 12.3. The molecule has 1 unspecified atom stereocenters. The lowest BCUT2D eigenvalue weighted by Gasteiger charge is -2.41. The summed E-state index contributed by atoms with van der Waals surface area (Å²) in [6.45, 7) is 4.27. The molecule has 0 N–H and O–H groups in total. The van der Waals surface area contributed by atoms with Crippen molar-refractivity contribution in [2.75, 3.05) is 18.0 Å². The lowest BCUT2D eigenvalue weighted by molar-refractivity contribution is 0.372. The maximum Gasteiger partial charge on any atom is 0.142 e. The van der Waals surface area contributed by atoms with E-state index < -0.39 is 0 Å². The summed E-state index contributed by atoms with van der Waals surface area (Å²) < 4.78 is 0. The first-order valence-electron chi connectivity index (χ1n) is 7.39. The monoisotopic (exact) mass is 277 g/mol. The van der Waals surface area contributed by atoms with Crippen LogP contribution in [-0.2, 0) is 5.41 Å². The summed E-state index contributed by atoms with van der Waals surface area (Å²) in [4.78, 5) is 6.74. The van der Waals surface area contributed by atoms with Gasteiger partial charge in [0.2, 0.25) is 0 Å². The number of piperidine rings is 1. The van der Waals surface area contributed by atoms with Crippen LogP contribution in [0.1, 0.15) is 31.0 Å². The molecule has 2 aromatic rings. The minimum absolute atomic E-state index is 0.143. The Morgan fingerprint density at radius 1 is 1.14 bits per heavy atom. The Labute approximate surface area is 125 Å². The van der Waals surface area contributed by atoms with Gasteiger partial charge in [-0.25, -0.2) is 4.98 Å². The second-order valence-corrected chi connectivity index (χ2v) is 5.94. The number of nitriles is 1. The first kappa shape index (κ1) is 13.6. The molecule has 3 rings (SSSR count). The fourth-order valence-electron chi connectivity index (χ4n) is 3.17. The van der Waals surface area contributed by atoms with Gasteiger partial charge in [0, 0.05) is 18.5 Å². The van der Waals surface area contributed by atoms with Crippen molar-refractivity contribution in [3.05, 3.63) is 59.8 Å². The van der Waals surface area contributed by atoms with Crippen molar-refractivity contribution in [2.24, 2.45) is 0 Å². The van der Waals surface area contributed by atoms with Crippen LogP contribution in [0.3, 0.4) is 0 Å². The molecule has 0 amide bonds. The highest BCUT2D eigenvalue weighted by Gasteiger charge is 2.33. The summed E-state index contributed by atoms with van der Waals surface area (Å²) in [6, 6.07) is 18.5. The van der Waals surface area contributed by atoms with Crippen LogP contribution >= 0.6 is 0 Å². The van der Waals surface area contributed by atoms with Crippen molar-refractivity contribution in [3.8, 4) is 6.07 Å². The summed E-state index contributed by atoms with van der Waals surface area (Å²) in [5.74, 6) is 0.913. The molecule has 1 saturated heterocycles. The van der Waals surface area contributed by atoms with Crippen molar-refractivity contribution >= 4 is 5.82 Å². The summed E-state index contributed by atoms with van der Waals surface area (Å²) in [7, 11) is 0. The molecular formula is C18H19N3. The summed E-state index contributed by atoms with van der Waals surface area (Å²) in [6.07, 6.45) is 2.33. The molecule has 1 aromatic heterocycles. The number of pyridine rings is 1. The van der Waals surface area contributed by atoms with Gasteiger partial charge in [-0.3, -0.25) is 0 Å². The third-order valence-corrected chi connectivity index (χ3v) is 4.34. The lowest BCUT2D eigenvalue weighted by atomic mass is 9.76. The van der Waals surface area contributed by atoms with E-state index in [1.54, 1.807) is 6.07 Å². The van der Waals surface area contributed by atoms with E-state index in [1.165, 1.54) is 12.0 Å². The van der Waals surface area contributed by atoms with E-state index in [9.17, 15) is 0 Å². The summed E-state index contributed by atoms with van der Waals surface area (Å²) in [5, 5.41) is 9.01. The first-order valence-corrected chi connectivity index (χ1v) is 7.39. The number of hydrogen-bond donors (Lipinski definition) is 0. The normalized spacial score (nSPS) is 21.8. The Kier molecular flexibility index (Phi) is 3.62. The van der Waals surface area contributed by atoms with E-state index >= 15 is 0 Å². The summed E-state index contributed by atoms with van der Waals surface area (Å²) in [5.41, 5.74) is 2.01. The van der Waals surface area contributed by atoms with Gasteiger partial charge in [-0.15, -0.1) is 0 Å². The fraction of sp³-hybridized carbons (Fsp3) is 0.333. The molecule has 0 spiro atoms. The van der Waals surface area contributed by atoms with Crippen LogP contribution in [0.4, 0.5) is 5.82 Å². The molecule has 1 atom stereocenters. The average Bonchev–Trinajstić information content (AvgIpc) is 2.56. The lowest BCUT2D eigenvalue weighted by Crippen LogP contribution is -2.44. The number of aromatic nitrogens is 1. The minimum atomic E-state index is 0.143. The summed E-state index contributed by atoms with van der Waals surface area (Å²) >= 11 is 0. The van der Waals surface area contributed by atoms with Crippen molar-refractivity contribution in [1.82, 2.24) is 4.98 Å². The second kappa shape index (κ2) is 5.57. The van der Waals surface area contributed by atoms with Crippen LogP contribution in [0.2, 0.25) is 0 Å². The van der Waals surface area contributed by atoms with Crippen LogP contribution in [0.25, 0.3) is 0 Å². The highest BCUT2D eigenvalue weighted by molar-refractivity contribution is 5.44. The zero-order chi connectivity index (χ0) is 14.7. The van der Waals surface area contributed by atoms with E-state index in [4.69, 9.17) is 5.26 Å². The van der Waals surface area contributed by atoms with Gasteiger partial charge in [0.25, 0.3) is 0 Å². The number of hydrogen-bond acceptors (Lipinski definition) is 3. The topological polar surface area (TPSA) is 39.9 Å². The van der Waals surface area contributed by atoms with Gasteiger partial charge < -0.3 is 4.90 Å². The largest absolute Gasteiger partial charge is 0.356 e. The average molecular weight is 277 g/mol. The number of anilines is 1. The van der Waals surface area contributed by atoms with E-state index in [0.29, 0.717) is 5.69 Å². The molecule has 2 heterocycles. The maximum absolute atomic E-state index is 9.01. The highest BCUT2D eigenvalue weighted by atomic mass is 15.2. The molecule has 0 saturated carbocycles. The molecule has 0 aliphatic carbocycles. The van der Waals surface area contributed by atoms with Crippen LogP contribution in [-0.4, -0.2) is 18.1 Å². The van der Waals surface area contributed by atoms with Crippen molar-refractivity contribution in [1.29, 1.82) is 5.26 Å². The quantitative estimate of drug-likeness (QED) is 0.843. The molecule has 3 heteroatoms. The van der Waals surface area contributed by atoms with Crippen molar-refractivity contribution < 1.29 is 0 Å². The van der Waals surface area contributed by atoms with Crippen molar-refractivity contribution in [2.45, 2.75) is 25.2 Å². The maximum atomic E-state index is 9.01. The Hall–Kier alpha value is -2.34. The van der Waals surface area contributed by atoms with Gasteiger partial charge in [-0.1, -0.05) is 43.3 Å². The minimum Gasteiger partial charge on any atom is -0.356 e. The van der Waals surface area contributed by atoms with Gasteiger partial charge >= 0.3 is 0 Å². The van der Waals surface area contributed by atoms with Crippen LogP contribution in [0.5, 0.6) is 0 Å². The van der Waals surface area contributed by atoms with Gasteiger partial charge in [0.1, 0.15) is 17.6 Å². The number of benzene rings is 1. The smallest absolute Gasteiger partial charge is 0.142 e. The molecule has 1 aliphatic heterocycles. The van der Waals surface area contributed by atoms with Gasteiger partial charge in [-0.2, -0.15) is 5.26 Å². The highest BCUT2D eigenvalue weighted by Crippen LogP contribution is 2.35. The molecule has 1 aromatic carbocycles. The molecule has 3 nitrogen and oxygen atoms in total. The van der Waals surface area contributed by atoms with Gasteiger partial charge in [-0.05, 0) is 30.5 Å². The van der Waals surface area contributed by atoms with Gasteiger partial charge in [0.05, 0.1) is 0 Å². The second-order valence-electron chi connectivity index (χ2n) is 5.94. The van der Waals surface area contributed by atoms with Crippen LogP contribution in [0, 0.1) is 11.3 Å². The standard InChI is InChI=1S/C18H19N3/c1-18(15-7-3-2-4-8-15)11-6-12-21(14-18)17-10-5-9-16(13-19)20-17/h2-5,7-10H,6,11-12,14H2,1H3. The molecular weight excluding hydrogens is 258 g/mol. The molecule has 21 heavy (non-hydrogen) atoms. The Morgan fingerprint density at radius 2 is 1.95 bits per heavy atom. The third kappa shape index (κ3) is 2.75. The van der Waals surface area contributed by atoms with E-state index in [1.807, 2.05) is 12.1 Å². The van der Waals surface area contributed by atoms with Crippen LogP contribution in [0.15, 0.2) is 48.5 Å². The Bertz CT molecular complexity index is 660. The number of nitrogens with zero attached hydrogens (tertiary/aromatic N) is 3. The molecule has 0 radical (unpaired) electrons. The molecule has 1 aliphatic rings. The van der Waals surface area contributed by atoms with E-state index in [2.05, 4.69) is 53.2 Å². The zero-order valence-corrected chi connectivity index (χ0v) is 12.3.